The van der Waals surface area contributed by atoms with Crippen molar-refractivity contribution in [3.63, 3.8) is 0 Å². The Labute approximate surface area is 159 Å². The molecule has 0 radical (unpaired) electrons. The van der Waals surface area contributed by atoms with E-state index in [2.05, 4.69) is 34.7 Å². The SMILES string of the molecule is Cc1ccccc1-n1nnnc1S[C@H](C)C(=O)N[C@H]1CCC[C@H](C)[C@@H]1C. The summed E-state index contributed by atoms with van der Waals surface area (Å²) in [5.74, 6) is 1.23. The molecular formula is C19H27N5OS. The van der Waals surface area contributed by atoms with Crippen molar-refractivity contribution < 1.29 is 4.79 Å². The van der Waals surface area contributed by atoms with Gasteiger partial charge in [-0.3, -0.25) is 4.79 Å². The highest BCUT2D eigenvalue weighted by Crippen LogP contribution is 2.30. The number of hydrogen-bond acceptors (Lipinski definition) is 5. The minimum atomic E-state index is -0.256. The summed E-state index contributed by atoms with van der Waals surface area (Å²) < 4.78 is 1.70. The number of benzene rings is 1. The molecule has 26 heavy (non-hydrogen) atoms. The lowest BCUT2D eigenvalue weighted by molar-refractivity contribution is -0.121. The van der Waals surface area contributed by atoms with Gasteiger partial charge in [-0.05, 0) is 54.2 Å². The van der Waals surface area contributed by atoms with Crippen molar-refractivity contribution >= 4 is 17.7 Å². The number of aryl methyl sites for hydroxylation is 1. The molecule has 7 heteroatoms. The summed E-state index contributed by atoms with van der Waals surface area (Å²) in [6.45, 7) is 8.45. The number of thioether (sulfide) groups is 1. The molecule has 1 saturated carbocycles. The molecule has 4 atom stereocenters. The molecule has 1 fully saturated rings. The molecule has 0 spiro atoms. The van der Waals surface area contributed by atoms with Crippen LogP contribution in [0.5, 0.6) is 0 Å². The van der Waals surface area contributed by atoms with Gasteiger partial charge in [-0.15, -0.1) is 5.10 Å². The van der Waals surface area contributed by atoms with Gasteiger partial charge in [0.05, 0.1) is 10.9 Å². The molecule has 0 unspecified atom stereocenters. The van der Waals surface area contributed by atoms with Gasteiger partial charge in [0, 0.05) is 6.04 Å². The number of rotatable bonds is 5. The Hall–Kier alpha value is -1.89. The topological polar surface area (TPSA) is 72.7 Å². The van der Waals surface area contributed by atoms with E-state index in [0.29, 0.717) is 17.0 Å². The first kappa shape index (κ1) is 18.9. The largest absolute Gasteiger partial charge is 0.352 e. The molecule has 1 amide bonds. The third-order valence-electron chi connectivity index (χ3n) is 5.47. The van der Waals surface area contributed by atoms with Crippen LogP contribution in [-0.4, -0.2) is 37.4 Å². The fourth-order valence-corrected chi connectivity index (χ4v) is 4.31. The van der Waals surface area contributed by atoms with Crippen LogP contribution in [0.4, 0.5) is 0 Å². The van der Waals surface area contributed by atoms with E-state index in [-0.39, 0.29) is 17.2 Å². The molecule has 1 aliphatic carbocycles. The van der Waals surface area contributed by atoms with E-state index in [1.54, 1.807) is 4.68 Å². The summed E-state index contributed by atoms with van der Waals surface area (Å²) in [6, 6.07) is 8.21. The lowest BCUT2D eigenvalue weighted by atomic mass is 9.78. The van der Waals surface area contributed by atoms with Gasteiger partial charge in [0.25, 0.3) is 0 Å². The summed E-state index contributed by atoms with van der Waals surface area (Å²) in [4.78, 5) is 12.7. The maximum Gasteiger partial charge on any atom is 0.233 e. The number of para-hydroxylation sites is 1. The summed E-state index contributed by atoms with van der Waals surface area (Å²) in [5, 5.41) is 15.6. The molecule has 0 saturated heterocycles. The van der Waals surface area contributed by atoms with Crippen LogP contribution in [-0.2, 0) is 4.79 Å². The van der Waals surface area contributed by atoms with Crippen LogP contribution >= 0.6 is 11.8 Å². The minimum absolute atomic E-state index is 0.0558. The van der Waals surface area contributed by atoms with E-state index < -0.39 is 0 Å². The van der Waals surface area contributed by atoms with Gasteiger partial charge in [0.2, 0.25) is 11.1 Å². The average Bonchev–Trinajstić information content (AvgIpc) is 3.07. The van der Waals surface area contributed by atoms with Crippen LogP contribution < -0.4 is 5.32 Å². The molecule has 0 aliphatic heterocycles. The zero-order chi connectivity index (χ0) is 18.7. The summed E-state index contributed by atoms with van der Waals surface area (Å²) in [5.41, 5.74) is 2.02. The van der Waals surface area contributed by atoms with Crippen LogP contribution in [0.3, 0.4) is 0 Å². The quantitative estimate of drug-likeness (QED) is 0.813. The number of tetrazole rings is 1. The predicted molar refractivity (Wildman–Crippen MR) is 103 cm³/mol. The molecule has 3 rings (SSSR count). The Morgan fingerprint density at radius 3 is 2.85 bits per heavy atom. The second kappa shape index (κ2) is 8.20. The molecule has 2 aromatic rings. The highest BCUT2D eigenvalue weighted by molar-refractivity contribution is 8.00. The standard InChI is InChI=1S/C19H27N5OS/c1-12-9-7-10-16(14(12)3)20-18(25)15(4)26-19-21-22-23-24(19)17-11-6-5-8-13(17)2/h5-6,8,11-12,14-16H,7,9-10H2,1-4H3,(H,20,25)/t12-,14-,15+,16-/m0/s1. The predicted octanol–water partition coefficient (Wildman–Crippen LogP) is 3.39. The number of nitrogens with one attached hydrogen (secondary N) is 1. The zero-order valence-corrected chi connectivity index (χ0v) is 16.7. The van der Waals surface area contributed by atoms with E-state index >= 15 is 0 Å². The molecule has 1 heterocycles. The highest BCUT2D eigenvalue weighted by Gasteiger charge is 2.30. The maximum atomic E-state index is 12.7. The third-order valence-corrected chi connectivity index (χ3v) is 6.50. The highest BCUT2D eigenvalue weighted by atomic mass is 32.2. The number of aromatic nitrogens is 4. The second-order valence-corrected chi connectivity index (χ2v) is 8.61. The van der Waals surface area contributed by atoms with Crippen molar-refractivity contribution in [2.75, 3.05) is 0 Å². The fourth-order valence-electron chi connectivity index (χ4n) is 3.50. The summed E-state index contributed by atoms with van der Waals surface area (Å²) in [7, 11) is 0. The minimum Gasteiger partial charge on any atom is -0.352 e. The van der Waals surface area contributed by atoms with Crippen molar-refractivity contribution in [1.82, 2.24) is 25.5 Å². The Kier molecular flexibility index (Phi) is 5.96. The van der Waals surface area contributed by atoms with E-state index in [9.17, 15) is 4.79 Å². The van der Waals surface area contributed by atoms with Crippen LogP contribution in [0.15, 0.2) is 29.4 Å². The van der Waals surface area contributed by atoms with Crippen LogP contribution in [0.2, 0.25) is 0 Å². The van der Waals surface area contributed by atoms with Gasteiger partial charge in [0.15, 0.2) is 0 Å². The lowest BCUT2D eigenvalue weighted by Gasteiger charge is -2.35. The van der Waals surface area contributed by atoms with Gasteiger partial charge < -0.3 is 5.32 Å². The number of carbonyl (C=O) groups excluding carboxylic acids is 1. The van der Waals surface area contributed by atoms with Crippen molar-refractivity contribution in [2.45, 2.75) is 63.4 Å². The monoisotopic (exact) mass is 373 g/mol. The average molecular weight is 374 g/mol. The molecule has 6 nitrogen and oxygen atoms in total. The van der Waals surface area contributed by atoms with Gasteiger partial charge in [-0.2, -0.15) is 4.68 Å². The first-order valence-electron chi connectivity index (χ1n) is 9.28. The Bertz CT molecular complexity index is 762. The molecule has 1 aromatic heterocycles. The number of nitrogens with zero attached hydrogens (tertiary/aromatic N) is 4. The van der Waals surface area contributed by atoms with Crippen LogP contribution in [0, 0.1) is 18.8 Å². The van der Waals surface area contributed by atoms with E-state index in [1.165, 1.54) is 24.6 Å². The first-order chi connectivity index (χ1) is 12.5. The van der Waals surface area contributed by atoms with Crippen LogP contribution in [0.1, 0.15) is 45.6 Å². The second-order valence-electron chi connectivity index (χ2n) is 7.30. The molecule has 140 valence electrons. The zero-order valence-electron chi connectivity index (χ0n) is 15.8. The van der Waals surface area contributed by atoms with Gasteiger partial charge in [-0.25, -0.2) is 0 Å². The lowest BCUT2D eigenvalue weighted by Crippen LogP contribution is -2.46. The van der Waals surface area contributed by atoms with Crippen molar-refractivity contribution in [2.24, 2.45) is 11.8 Å². The van der Waals surface area contributed by atoms with Gasteiger partial charge >= 0.3 is 0 Å². The number of amides is 1. The normalized spacial score (nSPS) is 24.2. The van der Waals surface area contributed by atoms with E-state index in [4.69, 9.17) is 0 Å². The molecular weight excluding hydrogens is 346 g/mol. The molecule has 1 N–H and O–H groups in total. The maximum absolute atomic E-state index is 12.7. The molecule has 0 bridgehead atoms. The van der Waals surface area contributed by atoms with Crippen molar-refractivity contribution in [3.8, 4) is 5.69 Å². The van der Waals surface area contributed by atoms with Crippen LogP contribution in [0.25, 0.3) is 5.69 Å². The van der Waals surface area contributed by atoms with Gasteiger partial charge in [-0.1, -0.05) is 56.7 Å². The Balaban J connectivity index is 1.67. The summed E-state index contributed by atoms with van der Waals surface area (Å²) in [6.07, 6.45) is 3.50. The smallest absolute Gasteiger partial charge is 0.233 e. The Morgan fingerprint density at radius 1 is 1.31 bits per heavy atom. The van der Waals surface area contributed by atoms with Gasteiger partial charge in [0.1, 0.15) is 0 Å². The molecule has 1 aliphatic rings. The molecule has 1 aromatic carbocycles. The number of carbonyl (C=O) groups is 1. The number of hydrogen-bond donors (Lipinski definition) is 1. The van der Waals surface area contributed by atoms with E-state index in [1.807, 2.05) is 38.1 Å². The Morgan fingerprint density at radius 2 is 2.08 bits per heavy atom. The third kappa shape index (κ3) is 4.09. The van der Waals surface area contributed by atoms with Crippen molar-refractivity contribution in [3.05, 3.63) is 29.8 Å². The first-order valence-corrected chi connectivity index (χ1v) is 10.2. The fraction of sp³-hybridized carbons (Fsp3) is 0.579. The summed E-state index contributed by atoms with van der Waals surface area (Å²) >= 11 is 1.39. The van der Waals surface area contributed by atoms with Crippen molar-refractivity contribution in [1.29, 1.82) is 0 Å². The van der Waals surface area contributed by atoms with E-state index in [0.717, 1.165) is 17.7 Å².